The van der Waals surface area contributed by atoms with Gasteiger partial charge in [0.05, 0.1) is 12.6 Å². The summed E-state index contributed by atoms with van der Waals surface area (Å²) in [5, 5.41) is 0. The van der Waals surface area contributed by atoms with Gasteiger partial charge >= 0.3 is 0 Å². The van der Waals surface area contributed by atoms with E-state index in [9.17, 15) is 4.79 Å². The molecule has 2 unspecified atom stereocenters. The van der Waals surface area contributed by atoms with Gasteiger partial charge in [-0.3, -0.25) is 4.79 Å². The van der Waals surface area contributed by atoms with Gasteiger partial charge in [0.25, 0.3) is 0 Å². The second kappa shape index (κ2) is 7.48. The summed E-state index contributed by atoms with van der Waals surface area (Å²) in [7, 11) is 0. The van der Waals surface area contributed by atoms with E-state index in [0.29, 0.717) is 12.5 Å². The molecule has 1 aliphatic rings. The van der Waals surface area contributed by atoms with Gasteiger partial charge in [-0.05, 0) is 43.9 Å². The zero-order chi connectivity index (χ0) is 15.2. The molecule has 0 bridgehead atoms. The molecule has 2 rings (SSSR count). The summed E-state index contributed by atoms with van der Waals surface area (Å²) >= 11 is 0. The number of ether oxygens (including phenoxy) is 1. The smallest absolute Gasteiger partial charge is 0.225 e. The van der Waals surface area contributed by atoms with Crippen molar-refractivity contribution in [1.29, 1.82) is 0 Å². The molecule has 0 radical (unpaired) electrons. The van der Waals surface area contributed by atoms with Crippen LogP contribution in [0.25, 0.3) is 0 Å². The second-order valence-electron chi connectivity index (χ2n) is 5.88. The number of benzene rings is 1. The fraction of sp³-hybridized carbons (Fsp3) is 0.611. The van der Waals surface area contributed by atoms with E-state index in [1.807, 2.05) is 19.1 Å². The Morgan fingerprint density at radius 2 is 2.05 bits per heavy atom. The molecule has 1 aromatic carbocycles. The standard InChI is InChI=1S/C18H27NO2/c1-4-7-14(3)18(20)19-13-6-8-17(19)15-9-11-16(12-10-15)21-5-2/h9-12,14,17H,4-8,13H2,1-3H3. The van der Waals surface area contributed by atoms with Crippen molar-refractivity contribution in [2.75, 3.05) is 13.2 Å². The number of nitrogens with zero attached hydrogens (tertiary/aromatic N) is 1. The van der Waals surface area contributed by atoms with Crippen molar-refractivity contribution in [3.05, 3.63) is 29.8 Å². The number of likely N-dealkylation sites (tertiary alicyclic amines) is 1. The number of amides is 1. The molecule has 3 nitrogen and oxygen atoms in total. The van der Waals surface area contributed by atoms with Crippen molar-refractivity contribution in [3.8, 4) is 5.75 Å². The Labute approximate surface area is 128 Å². The Bertz CT molecular complexity index is 455. The monoisotopic (exact) mass is 289 g/mol. The molecule has 0 spiro atoms. The van der Waals surface area contributed by atoms with Crippen molar-refractivity contribution in [3.63, 3.8) is 0 Å². The molecule has 0 saturated carbocycles. The van der Waals surface area contributed by atoms with E-state index in [1.54, 1.807) is 0 Å². The molecule has 3 heteroatoms. The Kier molecular flexibility index (Phi) is 5.66. The van der Waals surface area contributed by atoms with E-state index >= 15 is 0 Å². The lowest BCUT2D eigenvalue weighted by molar-refractivity contribution is -0.136. The molecule has 1 heterocycles. The SMILES string of the molecule is CCCC(C)C(=O)N1CCCC1c1ccc(OCC)cc1. The minimum atomic E-state index is 0.137. The van der Waals surface area contributed by atoms with Gasteiger partial charge < -0.3 is 9.64 Å². The molecule has 21 heavy (non-hydrogen) atoms. The first kappa shape index (κ1) is 15.9. The van der Waals surface area contributed by atoms with E-state index in [0.717, 1.165) is 38.0 Å². The van der Waals surface area contributed by atoms with Gasteiger partial charge in [-0.1, -0.05) is 32.4 Å². The summed E-state index contributed by atoms with van der Waals surface area (Å²) in [6.45, 7) is 7.75. The van der Waals surface area contributed by atoms with Gasteiger partial charge in [-0.25, -0.2) is 0 Å². The maximum Gasteiger partial charge on any atom is 0.225 e. The van der Waals surface area contributed by atoms with E-state index in [-0.39, 0.29) is 12.0 Å². The maximum atomic E-state index is 12.6. The fourth-order valence-corrected chi connectivity index (χ4v) is 3.17. The number of carbonyl (C=O) groups excluding carboxylic acids is 1. The number of hydrogen-bond donors (Lipinski definition) is 0. The van der Waals surface area contributed by atoms with Crippen molar-refractivity contribution in [2.24, 2.45) is 5.92 Å². The van der Waals surface area contributed by atoms with Crippen molar-refractivity contribution >= 4 is 5.91 Å². The largest absolute Gasteiger partial charge is 0.494 e. The van der Waals surface area contributed by atoms with Crippen LogP contribution in [-0.4, -0.2) is 24.0 Å². The van der Waals surface area contributed by atoms with Crippen LogP contribution in [0.2, 0.25) is 0 Å². The normalized spacial score (nSPS) is 19.6. The molecule has 0 aromatic heterocycles. The molecule has 1 aliphatic heterocycles. The van der Waals surface area contributed by atoms with Crippen LogP contribution in [-0.2, 0) is 4.79 Å². The predicted molar refractivity (Wildman–Crippen MR) is 85.4 cm³/mol. The lowest BCUT2D eigenvalue weighted by atomic mass is 10.0. The fourth-order valence-electron chi connectivity index (χ4n) is 3.17. The highest BCUT2D eigenvalue weighted by atomic mass is 16.5. The topological polar surface area (TPSA) is 29.5 Å². The third kappa shape index (κ3) is 3.78. The zero-order valence-corrected chi connectivity index (χ0v) is 13.5. The predicted octanol–water partition coefficient (Wildman–Crippen LogP) is 4.19. The van der Waals surface area contributed by atoms with Crippen molar-refractivity contribution in [1.82, 2.24) is 4.90 Å². The summed E-state index contributed by atoms with van der Waals surface area (Å²) in [6, 6.07) is 8.47. The molecule has 116 valence electrons. The minimum Gasteiger partial charge on any atom is -0.494 e. The van der Waals surface area contributed by atoms with Crippen LogP contribution in [0.15, 0.2) is 24.3 Å². The Morgan fingerprint density at radius 1 is 1.33 bits per heavy atom. The van der Waals surface area contributed by atoms with Crippen molar-refractivity contribution in [2.45, 2.75) is 52.5 Å². The zero-order valence-electron chi connectivity index (χ0n) is 13.5. The van der Waals surface area contributed by atoms with Gasteiger partial charge in [0.1, 0.15) is 5.75 Å². The van der Waals surface area contributed by atoms with Crippen LogP contribution in [0.3, 0.4) is 0 Å². The summed E-state index contributed by atoms with van der Waals surface area (Å²) in [4.78, 5) is 14.7. The number of rotatable bonds is 6. The molecule has 1 fully saturated rings. The molecule has 0 aliphatic carbocycles. The Balaban J connectivity index is 2.09. The average molecular weight is 289 g/mol. The second-order valence-corrected chi connectivity index (χ2v) is 5.88. The van der Waals surface area contributed by atoms with Crippen LogP contribution >= 0.6 is 0 Å². The summed E-state index contributed by atoms with van der Waals surface area (Å²) < 4.78 is 5.49. The molecular formula is C18H27NO2. The van der Waals surface area contributed by atoms with Gasteiger partial charge in [0, 0.05) is 12.5 Å². The molecular weight excluding hydrogens is 262 g/mol. The summed E-state index contributed by atoms with van der Waals surface area (Å²) in [5.74, 6) is 1.35. The van der Waals surface area contributed by atoms with E-state index in [4.69, 9.17) is 4.74 Å². The summed E-state index contributed by atoms with van der Waals surface area (Å²) in [6.07, 6.45) is 4.21. The third-order valence-corrected chi connectivity index (χ3v) is 4.26. The van der Waals surface area contributed by atoms with Crippen LogP contribution in [0.4, 0.5) is 0 Å². The average Bonchev–Trinajstić information content (AvgIpc) is 2.97. The first-order chi connectivity index (χ1) is 10.2. The highest BCUT2D eigenvalue weighted by Gasteiger charge is 2.31. The highest BCUT2D eigenvalue weighted by Crippen LogP contribution is 2.34. The Hall–Kier alpha value is -1.51. The van der Waals surface area contributed by atoms with Crippen LogP contribution < -0.4 is 4.74 Å². The lowest BCUT2D eigenvalue weighted by Crippen LogP contribution is -2.34. The first-order valence-electron chi connectivity index (χ1n) is 8.20. The quantitative estimate of drug-likeness (QED) is 0.786. The third-order valence-electron chi connectivity index (χ3n) is 4.26. The molecule has 2 atom stereocenters. The first-order valence-corrected chi connectivity index (χ1v) is 8.20. The lowest BCUT2D eigenvalue weighted by Gasteiger charge is -2.28. The van der Waals surface area contributed by atoms with Gasteiger partial charge in [0.15, 0.2) is 0 Å². The van der Waals surface area contributed by atoms with E-state index in [2.05, 4.69) is 30.9 Å². The van der Waals surface area contributed by atoms with Crippen LogP contribution in [0, 0.1) is 5.92 Å². The van der Waals surface area contributed by atoms with Gasteiger partial charge in [-0.15, -0.1) is 0 Å². The maximum absolute atomic E-state index is 12.6. The molecule has 1 amide bonds. The molecule has 1 saturated heterocycles. The van der Waals surface area contributed by atoms with E-state index < -0.39 is 0 Å². The highest BCUT2D eigenvalue weighted by molar-refractivity contribution is 5.79. The number of hydrogen-bond acceptors (Lipinski definition) is 2. The number of carbonyl (C=O) groups is 1. The van der Waals surface area contributed by atoms with E-state index in [1.165, 1.54) is 5.56 Å². The van der Waals surface area contributed by atoms with Crippen LogP contribution in [0.5, 0.6) is 5.75 Å². The molecule has 1 aromatic rings. The Morgan fingerprint density at radius 3 is 2.67 bits per heavy atom. The molecule has 0 N–H and O–H groups in total. The van der Waals surface area contributed by atoms with Crippen molar-refractivity contribution < 1.29 is 9.53 Å². The van der Waals surface area contributed by atoms with Gasteiger partial charge in [0.2, 0.25) is 5.91 Å². The minimum absolute atomic E-state index is 0.137. The van der Waals surface area contributed by atoms with Gasteiger partial charge in [-0.2, -0.15) is 0 Å². The summed E-state index contributed by atoms with van der Waals surface area (Å²) in [5.41, 5.74) is 1.23. The van der Waals surface area contributed by atoms with Crippen LogP contribution in [0.1, 0.15) is 58.1 Å².